The van der Waals surface area contributed by atoms with Crippen molar-refractivity contribution in [3.05, 3.63) is 94.0 Å². The Morgan fingerprint density at radius 2 is 1.77 bits per heavy atom. The van der Waals surface area contributed by atoms with E-state index in [0.29, 0.717) is 22.1 Å². The minimum Gasteiger partial charge on any atom is -0.319 e. The monoisotopic (exact) mass is 434 g/mol. The van der Waals surface area contributed by atoms with Gasteiger partial charge in [0.25, 0.3) is 5.91 Å². The number of hydrogen-bond acceptors (Lipinski definition) is 3. The van der Waals surface area contributed by atoms with Gasteiger partial charge in [-0.2, -0.15) is 0 Å². The van der Waals surface area contributed by atoms with Crippen LogP contribution in [0.25, 0.3) is 17.1 Å². The molecule has 0 aliphatic heterocycles. The number of aromatic nitrogens is 3. The first-order valence-corrected chi connectivity index (χ1v) is 10.1. The third-order valence-corrected chi connectivity index (χ3v) is 5.42. The first-order chi connectivity index (χ1) is 14.8. The third-order valence-electron chi connectivity index (χ3n) is 5.01. The zero-order valence-electron chi connectivity index (χ0n) is 17.3. The van der Waals surface area contributed by atoms with Gasteiger partial charge in [-0.15, -0.1) is 5.10 Å². The number of carbonyl (C=O) groups excluding carboxylic acids is 1. The van der Waals surface area contributed by atoms with E-state index < -0.39 is 5.91 Å². The van der Waals surface area contributed by atoms with Crippen LogP contribution in [0.4, 0.5) is 10.1 Å². The van der Waals surface area contributed by atoms with Crippen molar-refractivity contribution < 1.29 is 9.18 Å². The lowest BCUT2D eigenvalue weighted by atomic mass is 10.1. The molecule has 0 saturated carbocycles. The molecule has 0 fully saturated rings. The van der Waals surface area contributed by atoms with Crippen LogP contribution in [0.15, 0.2) is 60.7 Å². The van der Waals surface area contributed by atoms with Gasteiger partial charge in [-0.05, 0) is 74.4 Å². The van der Waals surface area contributed by atoms with Crippen molar-refractivity contribution in [3.63, 3.8) is 0 Å². The average Bonchev–Trinajstić information content (AvgIpc) is 3.17. The van der Waals surface area contributed by atoms with Crippen molar-refractivity contribution in [1.82, 2.24) is 14.8 Å². The molecule has 0 atom stereocenters. The molecular weight excluding hydrogens is 415 g/mol. The highest BCUT2D eigenvalue weighted by Gasteiger charge is 2.20. The summed E-state index contributed by atoms with van der Waals surface area (Å²) in [7, 11) is 0. The van der Waals surface area contributed by atoms with Gasteiger partial charge in [0.1, 0.15) is 5.82 Å². The number of halogens is 2. The van der Waals surface area contributed by atoms with Crippen LogP contribution in [0.2, 0.25) is 5.02 Å². The Balaban J connectivity index is 1.80. The molecule has 5 nitrogen and oxygen atoms in total. The van der Waals surface area contributed by atoms with Gasteiger partial charge < -0.3 is 5.32 Å². The molecule has 7 heteroatoms. The van der Waals surface area contributed by atoms with Crippen LogP contribution in [0, 0.1) is 26.6 Å². The highest BCUT2D eigenvalue weighted by Crippen LogP contribution is 2.26. The number of hydrogen-bond donors (Lipinski definition) is 1. The van der Waals surface area contributed by atoms with Crippen LogP contribution in [-0.2, 0) is 0 Å². The fourth-order valence-electron chi connectivity index (χ4n) is 3.33. The largest absolute Gasteiger partial charge is 0.319 e. The summed E-state index contributed by atoms with van der Waals surface area (Å²) in [6, 6.07) is 17.1. The molecule has 0 aliphatic rings. The van der Waals surface area contributed by atoms with Crippen molar-refractivity contribution >= 4 is 23.2 Å². The average molecular weight is 435 g/mol. The molecule has 0 spiro atoms. The Kier molecular flexibility index (Phi) is 5.57. The zero-order chi connectivity index (χ0) is 22.1. The maximum absolute atomic E-state index is 13.5. The molecule has 0 saturated heterocycles. The van der Waals surface area contributed by atoms with E-state index >= 15 is 0 Å². The van der Waals surface area contributed by atoms with E-state index in [2.05, 4.69) is 15.4 Å². The highest BCUT2D eigenvalue weighted by molar-refractivity contribution is 6.31. The van der Waals surface area contributed by atoms with Gasteiger partial charge in [0.05, 0.1) is 5.69 Å². The topological polar surface area (TPSA) is 59.8 Å². The smallest absolute Gasteiger partial charge is 0.295 e. The van der Waals surface area contributed by atoms with Gasteiger partial charge in [-0.1, -0.05) is 35.4 Å². The predicted molar refractivity (Wildman–Crippen MR) is 120 cm³/mol. The Morgan fingerprint density at radius 1 is 1.03 bits per heavy atom. The van der Waals surface area contributed by atoms with E-state index in [-0.39, 0.29) is 11.6 Å². The lowest BCUT2D eigenvalue weighted by Crippen LogP contribution is -2.15. The Morgan fingerprint density at radius 3 is 2.48 bits per heavy atom. The number of carbonyl (C=O) groups is 1. The summed E-state index contributed by atoms with van der Waals surface area (Å²) in [5.74, 6) is -0.369. The normalized spacial score (nSPS) is 10.9. The molecule has 0 aliphatic carbocycles. The zero-order valence-corrected chi connectivity index (χ0v) is 18.0. The summed E-state index contributed by atoms with van der Waals surface area (Å²) < 4.78 is 15.1. The molecule has 3 aromatic carbocycles. The van der Waals surface area contributed by atoms with Gasteiger partial charge in [-0.25, -0.2) is 14.1 Å². The van der Waals surface area contributed by atoms with Gasteiger partial charge in [0, 0.05) is 16.3 Å². The summed E-state index contributed by atoms with van der Waals surface area (Å²) in [6.07, 6.45) is 0. The second-order valence-corrected chi connectivity index (χ2v) is 7.74. The van der Waals surface area contributed by atoms with E-state index in [1.54, 1.807) is 35.0 Å². The first kappa shape index (κ1) is 20.8. The second kappa shape index (κ2) is 8.32. The molecule has 0 bridgehead atoms. The van der Waals surface area contributed by atoms with Crippen LogP contribution >= 0.6 is 11.6 Å². The molecule has 0 unspecified atom stereocenters. The van der Waals surface area contributed by atoms with Crippen molar-refractivity contribution in [3.8, 4) is 17.1 Å². The first-order valence-electron chi connectivity index (χ1n) is 9.70. The van der Waals surface area contributed by atoms with Crippen molar-refractivity contribution in [2.75, 3.05) is 5.32 Å². The summed E-state index contributed by atoms with van der Waals surface area (Å²) in [5, 5.41) is 7.86. The molecule has 0 radical (unpaired) electrons. The van der Waals surface area contributed by atoms with E-state index in [1.165, 1.54) is 12.1 Å². The van der Waals surface area contributed by atoms with Crippen LogP contribution < -0.4 is 5.32 Å². The number of benzene rings is 3. The number of aryl methyl sites for hydroxylation is 2. The number of amides is 1. The summed E-state index contributed by atoms with van der Waals surface area (Å²) in [5.41, 5.74) is 4.86. The van der Waals surface area contributed by atoms with Gasteiger partial charge in [0.15, 0.2) is 5.82 Å². The predicted octanol–water partition coefficient (Wildman–Crippen LogP) is 5.90. The Labute approximate surface area is 184 Å². The quantitative estimate of drug-likeness (QED) is 0.434. The van der Waals surface area contributed by atoms with Crippen molar-refractivity contribution in [2.24, 2.45) is 0 Å². The highest BCUT2D eigenvalue weighted by atomic mass is 35.5. The van der Waals surface area contributed by atoms with Gasteiger partial charge >= 0.3 is 0 Å². The summed E-state index contributed by atoms with van der Waals surface area (Å²) in [6.45, 7) is 5.79. The lowest BCUT2D eigenvalue weighted by Gasteiger charge is -2.10. The van der Waals surface area contributed by atoms with Crippen LogP contribution in [0.1, 0.15) is 27.3 Å². The number of rotatable bonds is 4. The lowest BCUT2D eigenvalue weighted by molar-refractivity contribution is 0.101. The van der Waals surface area contributed by atoms with Crippen LogP contribution in [-0.4, -0.2) is 20.7 Å². The number of anilines is 1. The Bertz CT molecular complexity index is 1280. The van der Waals surface area contributed by atoms with Crippen molar-refractivity contribution in [2.45, 2.75) is 20.8 Å². The minimum atomic E-state index is -0.461. The van der Waals surface area contributed by atoms with E-state index in [4.69, 9.17) is 11.6 Å². The molecule has 1 heterocycles. The molecular formula is C24H20ClFN4O. The van der Waals surface area contributed by atoms with Gasteiger partial charge in [-0.3, -0.25) is 4.79 Å². The molecule has 4 rings (SSSR count). The van der Waals surface area contributed by atoms with Crippen LogP contribution in [0.3, 0.4) is 0 Å². The molecule has 1 amide bonds. The fraction of sp³-hybridized carbons (Fsp3) is 0.125. The SMILES string of the molecule is Cc1ccc(-n2nc(C(=O)Nc3cccc(Cl)c3C)nc2-c2ccc(F)cc2)c(C)c1. The maximum Gasteiger partial charge on any atom is 0.295 e. The number of nitrogens with one attached hydrogen (secondary N) is 1. The van der Waals surface area contributed by atoms with E-state index in [9.17, 15) is 9.18 Å². The molecule has 156 valence electrons. The molecule has 31 heavy (non-hydrogen) atoms. The van der Waals surface area contributed by atoms with Gasteiger partial charge in [0.2, 0.25) is 5.82 Å². The summed E-state index contributed by atoms with van der Waals surface area (Å²) in [4.78, 5) is 17.4. The molecule has 1 N–H and O–H groups in total. The molecule has 1 aromatic heterocycles. The summed E-state index contributed by atoms with van der Waals surface area (Å²) >= 11 is 6.16. The molecule has 4 aromatic rings. The fourth-order valence-corrected chi connectivity index (χ4v) is 3.50. The van der Waals surface area contributed by atoms with E-state index in [1.807, 2.05) is 39.0 Å². The Hall–Kier alpha value is -3.51. The third kappa shape index (κ3) is 4.20. The minimum absolute atomic E-state index is 0.00123. The van der Waals surface area contributed by atoms with E-state index in [0.717, 1.165) is 22.4 Å². The maximum atomic E-state index is 13.5. The number of nitrogens with zero attached hydrogens (tertiary/aromatic N) is 3. The second-order valence-electron chi connectivity index (χ2n) is 7.33. The van der Waals surface area contributed by atoms with Crippen LogP contribution in [0.5, 0.6) is 0 Å². The standard InChI is InChI=1S/C24H20ClFN4O/c1-14-7-12-21(15(2)13-14)30-23(17-8-10-18(26)11-9-17)28-22(29-30)24(31)27-20-6-4-5-19(25)16(20)3/h4-13H,1-3H3,(H,27,31). The van der Waals surface area contributed by atoms with Crippen molar-refractivity contribution in [1.29, 1.82) is 0 Å².